The van der Waals surface area contributed by atoms with E-state index >= 15 is 0 Å². The number of imidazole rings is 1. The second kappa shape index (κ2) is 10.5. The van der Waals surface area contributed by atoms with Gasteiger partial charge in [-0.05, 0) is 12.1 Å². The number of amides is 1. The number of hydrogen-bond acceptors (Lipinski definition) is 9. The second-order valence-corrected chi connectivity index (χ2v) is 6.40. The molecule has 0 aliphatic carbocycles. The topological polar surface area (TPSA) is 143 Å². The molecule has 11 heteroatoms. The number of aromatic amines is 1. The molecule has 0 radical (unpaired) electrons. The zero-order valence-electron chi connectivity index (χ0n) is 15.3. The van der Waals surface area contributed by atoms with Gasteiger partial charge in [-0.3, -0.25) is 4.79 Å². The van der Waals surface area contributed by atoms with Crippen LogP contribution in [0.1, 0.15) is 10.5 Å². The quantitative estimate of drug-likeness (QED) is 0.327. The number of rotatable bonds is 10. The van der Waals surface area contributed by atoms with Gasteiger partial charge in [0.15, 0.2) is 22.3 Å². The van der Waals surface area contributed by atoms with Crippen LogP contribution in [-0.2, 0) is 9.53 Å². The molecule has 0 spiro atoms. The van der Waals surface area contributed by atoms with Crippen LogP contribution in [0.3, 0.4) is 0 Å². The fourth-order valence-corrected chi connectivity index (χ4v) is 2.67. The van der Waals surface area contributed by atoms with Gasteiger partial charge in [0.25, 0.3) is 0 Å². The lowest BCUT2D eigenvalue weighted by molar-refractivity contribution is -0.113. The minimum Gasteiger partial charge on any atom is -0.493 e. The molecule has 2 aromatic rings. The highest BCUT2D eigenvalue weighted by Crippen LogP contribution is 2.29. The first kappa shape index (κ1) is 21.5. The molecule has 0 fully saturated rings. The molecule has 0 saturated heterocycles. The van der Waals surface area contributed by atoms with E-state index < -0.39 is 18.7 Å². The summed E-state index contributed by atoms with van der Waals surface area (Å²) in [6, 6.07) is 5.01. The van der Waals surface area contributed by atoms with Gasteiger partial charge in [0, 0.05) is 18.0 Å². The van der Waals surface area contributed by atoms with E-state index in [2.05, 4.69) is 15.3 Å². The molecular weight excluding hydrogens is 390 g/mol. The van der Waals surface area contributed by atoms with E-state index in [-0.39, 0.29) is 24.0 Å². The van der Waals surface area contributed by atoms with Crippen LogP contribution in [0.15, 0.2) is 29.6 Å². The molecule has 1 heterocycles. The van der Waals surface area contributed by atoms with Crippen LogP contribution in [0, 0.1) is 0 Å². The number of carbonyl (C=O) groups is 2. The fraction of sp³-hybridized carbons (Fsp3) is 0.353. The molecule has 2 rings (SSSR count). The molecule has 1 unspecified atom stereocenters. The van der Waals surface area contributed by atoms with Crippen LogP contribution in [-0.4, -0.2) is 71.3 Å². The summed E-state index contributed by atoms with van der Waals surface area (Å²) in [6.45, 7) is -0.845. The number of thioether (sulfide) groups is 1. The van der Waals surface area contributed by atoms with E-state index in [0.717, 1.165) is 11.8 Å². The summed E-state index contributed by atoms with van der Waals surface area (Å²) in [6.07, 6.45) is 0.194. The van der Waals surface area contributed by atoms with Gasteiger partial charge in [-0.15, -0.1) is 0 Å². The Balaban J connectivity index is 1.85. The van der Waals surface area contributed by atoms with E-state index in [1.165, 1.54) is 20.4 Å². The molecule has 152 valence electrons. The summed E-state index contributed by atoms with van der Waals surface area (Å²) >= 11 is 1.10. The third-order valence-corrected chi connectivity index (χ3v) is 4.28. The molecule has 4 N–H and O–H groups in total. The van der Waals surface area contributed by atoms with Gasteiger partial charge < -0.3 is 34.7 Å². The Hall–Kier alpha value is -2.76. The number of aliphatic hydroxyl groups is 2. The third-order valence-electron chi connectivity index (χ3n) is 3.39. The molecule has 0 aliphatic rings. The molecule has 0 aliphatic heterocycles. The molecule has 1 atom stereocenters. The summed E-state index contributed by atoms with van der Waals surface area (Å²) in [5, 5.41) is 20.9. The Morgan fingerprint density at radius 1 is 1.29 bits per heavy atom. The van der Waals surface area contributed by atoms with E-state index in [0.29, 0.717) is 22.3 Å². The number of H-pyrrole nitrogens is 1. The molecule has 0 bridgehead atoms. The van der Waals surface area contributed by atoms with Gasteiger partial charge in [-0.25, -0.2) is 9.78 Å². The van der Waals surface area contributed by atoms with E-state index in [1.807, 2.05) is 0 Å². The van der Waals surface area contributed by atoms with E-state index in [1.54, 1.807) is 18.2 Å². The smallest absolute Gasteiger partial charge is 0.358 e. The molecule has 1 aromatic heterocycles. The Kier molecular flexibility index (Phi) is 8.11. The average Bonchev–Trinajstić information content (AvgIpc) is 3.19. The van der Waals surface area contributed by atoms with Crippen LogP contribution in [0.5, 0.6) is 11.5 Å². The third kappa shape index (κ3) is 6.15. The van der Waals surface area contributed by atoms with Gasteiger partial charge in [0.05, 0.1) is 26.6 Å². The maximum atomic E-state index is 12.1. The second-order valence-electron chi connectivity index (χ2n) is 5.43. The number of benzene rings is 1. The minimum atomic E-state index is -1.14. The number of hydrogen-bond donors (Lipinski definition) is 4. The first-order valence-electron chi connectivity index (χ1n) is 8.13. The van der Waals surface area contributed by atoms with Crippen LogP contribution < -0.4 is 14.8 Å². The van der Waals surface area contributed by atoms with Crippen LogP contribution in [0.4, 0.5) is 5.69 Å². The number of aromatic nitrogens is 2. The number of aliphatic hydroxyl groups excluding tert-OH is 2. The predicted molar refractivity (Wildman–Crippen MR) is 101 cm³/mol. The van der Waals surface area contributed by atoms with Gasteiger partial charge in [-0.1, -0.05) is 11.8 Å². The maximum absolute atomic E-state index is 12.1. The standard InChI is InChI=1S/C17H21N3O7S/c1-25-13-4-3-10(5-14(13)26-2)19-15(23)9-28-17-18-6-12(20-17)16(24)27-8-11(22)7-21/h3-6,11,21-22H,7-9H2,1-2H3,(H,18,20)(H,19,23). The number of nitrogens with one attached hydrogen (secondary N) is 2. The Morgan fingerprint density at radius 2 is 2.04 bits per heavy atom. The highest BCUT2D eigenvalue weighted by Gasteiger charge is 2.15. The van der Waals surface area contributed by atoms with Crippen LogP contribution >= 0.6 is 11.8 Å². The van der Waals surface area contributed by atoms with Crippen molar-refractivity contribution in [2.75, 3.05) is 38.5 Å². The highest BCUT2D eigenvalue weighted by molar-refractivity contribution is 7.99. The average molecular weight is 411 g/mol. The largest absolute Gasteiger partial charge is 0.493 e. The number of anilines is 1. The number of esters is 1. The van der Waals surface area contributed by atoms with Crippen molar-refractivity contribution < 1.29 is 34.0 Å². The summed E-state index contributed by atoms with van der Waals surface area (Å²) in [5.41, 5.74) is 0.558. The van der Waals surface area contributed by atoms with Gasteiger partial charge in [0.2, 0.25) is 5.91 Å². The van der Waals surface area contributed by atoms with Crippen molar-refractivity contribution in [3.8, 4) is 11.5 Å². The minimum absolute atomic E-state index is 0.00735. The SMILES string of the molecule is COc1ccc(NC(=O)CSc2nc(C(=O)OCC(O)CO)c[nH]2)cc1OC. The predicted octanol–water partition coefficient (Wildman–Crippen LogP) is 0.668. The number of methoxy groups -OCH3 is 2. The van der Waals surface area contributed by atoms with Crippen LogP contribution in [0.25, 0.3) is 0 Å². The molecule has 1 aromatic carbocycles. The van der Waals surface area contributed by atoms with Crippen molar-refractivity contribution in [2.45, 2.75) is 11.3 Å². The summed E-state index contributed by atoms with van der Waals surface area (Å²) < 4.78 is 15.1. The Morgan fingerprint density at radius 3 is 2.71 bits per heavy atom. The van der Waals surface area contributed by atoms with Crippen molar-refractivity contribution in [2.24, 2.45) is 0 Å². The van der Waals surface area contributed by atoms with Crippen molar-refractivity contribution in [3.63, 3.8) is 0 Å². The first-order chi connectivity index (χ1) is 13.5. The highest BCUT2D eigenvalue weighted by atomic mass is 32.2. The zero-order valence-corrected chi connectivity index (χ0v) is 16.1. The fourth-order valence-electron chi connectivity index (χ4n) is 2.03. The summed E-state index contributed by atoms with van der Waals surface area (Å²) in [4.78, 5) is 30.6. The van der Waals surface area contributed by atoms with Gasteiger partial charge in [-0.2, -0.15) is 0 Å². The van der Waals surface area contributed by atoms with Crippen molar-refractivity contribution in [1.29, 1.82) is 0 Å². The molecule has 0 saturated carbocycles. The Labute approximate surface area is 165 Å². The maximum Gasteiger partial charge on any atom is 0.358 e. The first-order valence-corrected chi connectivity index (χ1v) is 9.11. The van der Waals surface area contributed by atoms with Gasteiger partial charge in [0.1, 0.15) is 12.7 Å². The van der Waals surface area contributed by atoms with Crippen molar-refractivity contribution >= 4 is 29.3 Å². The molecule has 10 nitrogen and oxygen atoms in total. The van der Waals surface area contributed by atoms with Crippen LogP contribution in [0.2, 0.25) is 0 Å². The number of ether oxygens (including phenoxy) is 3. The molecule has 1 amide bonds. The lowest BCUT2D eigenvalue weighted by atomic mass is 10.2. The van der Waals surface area contributed by atoms with E-state index in [4.69, 9.17) is 24.4 Å². The normalized spacial score (nSPS) is 11.6. The Bertz CT molecular complexity index is 812. The monoisotopic (exact) mass is 411 g/mol. The van der Waals surface area contributed by atoms with Crippen molar-refractivity contribution in [1.82, 2.24) is 9.97 Å². The van der Waals surface area contributed by atoms with Crippen molar-refractivity contribution in [3.05, 3.63) is 30.1 Å². The van der Waals surface area contributed by atoms with Gasteiger partial charge >= 0.3 is 5.97 Å². The zero-order chi connectivity index (χ0) is 20.5. The molecular formula is C17H21N3O7S. The van der Waals surface area contributed by atoms with E-state index in [9.17, 15) is 9.59 Å². The molecule has 28 heavy (non-hydrogen) atoms. The number of nitrogens with zero attached hydrogens (tertiary/aromatic N) is 1. The lowest BCUT2D eigenvalue weighted by Gasteiger charge is -2.10. The summed E-state index contributed by atoms with van der Waals surface area (Å²) in [7, 11) is 3.03. The number of carbonyl (C=O) groups excluding carboxylic acids is 2. The lowest BCUT2D eigenvalue weighted by Crippen LogP contribution is -2.22. The summed E-state index contributed by atoms with van der Waals surface area (Å²) in [5.74, 6) is 0.0820.